The molecule has 0 bridgehead atoms. The van der Waals surface area contributed by atoms with Gasteiger partial charge in [0.05, 0.1) is 5.39 Å². The summed E-state index contributed by atoms with van der Waals surface area (Å²) in [4.78, 5) is 9.79. The van der Waals surface area contributed by atoms with E-state index in [1.165, 1.54) is 12.1 Å². The monoisotopic (exact) mass is 303 g/mol. The van der Waals surface area contributed by atoms with Gasteiger partial charge in [-0.1, -0.05) is 6.07 Å². The number of hydrogen-bond donors (Lipinski definition) is 1. The number of hydrogen-bond acceptors (Lipinski definition) is 5. The van der Waals surface area contributed by atoms with Crippen LogP contribution in [-0.4, -0.2) is 17.0 Å². The van der Waals surface area contributed by atoms with Gasteiger partial charge in [0.1, 0.15) is 28.8 Å². The first-order chi connectivity index (χ1) is 10.2. The molecule has 0 unspecified atom stereocenters. The molecule has 0 fully saturated rings. The highest BCUT2D eigenvalue weighted by Crippen LogP contribution is 2.25. The van der Waals surface area contributed by atoms with Crippen LogP contribution in [0.5, 0.6) is 5.75 Å². The van der Waals surface area contributed by atoms with Crippen molar-refractivity contribution in [3.8, 4) is 5.75 Å². The topological polar surface area (TPSA) is 47.0 Å². The second-order valence-corrected chi connectivity index (χ2v) is 5.47. The van der Waals surface area contributed by atoms with E-state index in [9.17, 15) is 4.39 Å². The SMILES string of the molecule is CNc1nc(COc2cc(F)ccc2C)nc2sccc12. The first kappa shape index (κ1) is 13.8. The predicted octanol–water partition coefficient (Wildman–Crippen LogP) is 3.76. The predicted molar refractivity (Wildman–Crippen MR) is 82.4 cm³/mol. The molecule has 0 amide bonds. The summed E-state index contributed by atoms with van der Waals surface area (Å²) in [6.45, 7) is 2.07. The van der Waals surface area contributed by atoms with Crippen molar-refractivity contribution in [1.29, 1.82) is 0 Å². The Morgan fingerprint density at radius 2 is 2.14 bits per heavy atom. The molecule has 0 aliphatic carbocycles. The number of aromatic nitrogens is 2. The number of halogens is 1. The maximum absolute atomic E-state index is 13.2. The Hall–Kier alpha value is -2.21. The molecule has 0 aliphatic heterocycles. The highest BCUT2D eigenvalue weighted by Gasteiger charge is 2.09. The normalized spacial score (nSPS) is 10.8. The van der Waals surface area contributed by atoms with Gasteiger partial charge in [-0.3, -0.25) is 0 Å². The molecule has 0 spiro atoms. The Bertz CT molecular complexity index is 788. The molecule has 0 atom stereocenters. The van der Waals surface area contributed by atoms with Crippen LogP contribution >= 0.6 is 11.3 Å². The van der Waals surface area contributed by atoms with Crippen molar-refractivity contribution in [1.82, 2.24) is 9.97 Å². The van der Waals surface area contributed by atoms with E-state index >= 15 is 0 Å². The zero-order chi connectivity index (χ0) is 14.8. The van der Waals surface area contributed by atoms with Crippen LogP contribution in [0.15, 0.2) is 29.6 Å². The zero-order valence-corrected chi connectivity index (χ0v) is 12.5. The molecule has 3 rings (SSSR count). The quantitative estimate of drug-likeness (QED) is 0.797. The number of benzene rings is 1. The molecule has 2 heterocycles. The molecule has 1 N–H and O–H groups in total. The summed E-state index contributed by atoms with van der Waals surface area (Å²) in [6, 6.07) is 6.45. The van der Waals surface area contributed by atoms with Gasteiger partial charge in [0.25, 0.3) is 0 Å². The Labute approximate surface area is 125 Å². The second kappa shape index (κ2) is 5.65. The minimum Gasteiger partial charge on any atom is -0.485 e. The Morgan fingerprint density at radius 3 is 2.95 bits per heavy atom. The van der Waals surface area contributed by atoms with E-state index in [-0.39, 0.29) is 12.4 Å². The number of anilines is 1. The highest BCUT2D eigenvalue weighted by atomic mass is 32.1. The van der Waals surface area contributed by atoms with Crippen LogP contribution in [0.1, 0.15) is 11.4 Å². The van der Waals surface area contributed by atoms with E-state index in [4.69, 9.17) is 4.74 Å². The molecule has 2 aromatic heterocycles. The minimum atomic E-state index is -0.318. The molecule has 0 radical (unpaired) electrons. The standard InChI is InChI=1S/C15H14FN3OS/c1-9-3-4-10(16)7-12(9)20-8-13-18-14(17-2)11-5-6-21-15(11)19-13/h3-7H,8H2,1-2H3,(H,17,18,19). The summed E-state index contributed by atoms with van der Waals surface area (Å²) in [5, 5.41) is 6.02. The van der Waals surface area contributed by atoms with Gasteiger partial charge in [-0.05, 0) is 30.0 Å². The van der Waals surface area contributed by atoms with Gasteiger partial charge >= 0.3 is 0 Å². The van der Waals surface area contributed by atoms with E-state index < -0.39 is 0 Å². The lowest BCUT2D eigenvalue weighted by Gasteiger charge is -2.09. The fourth-order valence-corrected chi connectivity index (χ4v) is 2.81. The largest absolute Gasteiger partial charge is 0.485 e. The van der Waals surface area contributed by atoms with Gasteiger partial charge < -0.3 is 10.1 Å². The van der Waals surface area contributed by atoms with Gasteiger partial charge in [0.2, 0.25) is 0 Å². The second-order valence-electron chi connectivity index (χ2n) is 4.58. The molecule has 0 saturated carbocycles. The van der Waals surface area contributed by atoms with Gasteiger partial charge in [0, 0.05) is 13.1 Å². The maximum atomic E-state index is 13.2. The van der Waals surface area contributed by atoms with Crippen LogP contribution < -0.4 is 10.1 Å². The summed E-state index contributed by atoms with van der Waals surface area (Å²) in [5.74, 6) is 1.53. The lowest BCUT2D eigenvalue weighted by Crippen LogP contribution is -2.05. The molecule has 4 nitrogen and oxygen atoms in total. The van der Waals surface area contributed by atoms with Crippen molar-refractivity contribution in [2.45, 2.75) is 13.5 Å². The number of fused-ring (bicyclic) bond motifs is 1. The van der Waals surface area contributed by atoms with Crippen LogP contribution in [-0.2, 0) is 6.61 Å². The first-order valence-corrected chi connectivity index (χ1v) is 7.36. The van der Waals surface area contributed by atoms with Crippen LogP contribution in [0.3, 0.4) is 0 Å². The Kier molecular flexibility index (Phi) is 3.70. The number of ether oxygens (including phenoxy) is 1. The number of thiophene rings is 1. The van der Waals surface area contributed by atoms with Gasteiger partial charge in [-0.25, -0.2) is 14.4 Å². The van der Waals surface area contributed by atoms with Crippen molar-refractivity contribution in [3.05, 3.63) is 46.9 Å². The molecule has 1 aromatic carbocycles. The molecular weight excluding hydrogens is 289 g/mol. The molecule has 3 aromatic rings. The molecule has 0 saturated heterocycles. The molecular formula is C15H14FN3OS. The Balaban J connectivity index is 1.86. The highest BCUT2D eigenvalue weighted by molar-refractivity contribution is 7.16. The van der Waals surface area contributed by atoms with E-state index in [0.717, 1.165) is 21.6 Å². The van der Waals surface area contributed by atoms with Gasteiger partial charge in [-0.15, -0.1) is 11.3 Å². The fraction of sp³-hybridized carbons (Fsp3) is 0.200. The van der Waals surface area contributed by atoms with E-state index in [1.54, 1.807) is 17.4 Å². The summed E-state index contributed by atoms with van der Waals surface area (Å²) in [5.41, 5.74) is 0.877. The van der Waals surface area contributed by atoms with Crippen LogP contribution in [0.4, 0.5) is 10.2 Å². The maximum Gasteiger partial charge on any atom is 0.169 e. The van der Waals surface area contributed by atoms with Crippen molar-refractivity contribution in [3.63, 3.8) is 0 Å². The van der Waals surface area contributed by atoms with Crippen LogP contribution in [0.2, 0.25) is 0 Å². The van der Waals surface area contributed by atoms with E-state index in [0.29, 0.717) is 11.6 Å². The molecule has 21 heavy (non-hydrogen) atoms. The number of nitrogens with zero attached hydrogens (tertiary/aromatic N) is 2. The lowest BCUT2D eigenvalue weighted by molar-refractivity contribution is 0.293. The smallest absolute Gasteiger partial charge is 0.169 e. The fourth-order valence-electron chi connectivity index (χ4n) is 2.03. The number of aryl methyl sites for hydroxylation is 1. The molecule has 108 valence electrons. The first-order valence-electron chi connectivity index (χ1n) is 6.48. The lowest BCUT2D eigenvalue weighted by atomic mass is 10.2. The zero-order valence-electron chi connectivity index (χ0n) is 11.7. The third-order valence-corrected chi connectivity index (χ3v) is 3.92. The molecule has 0 aliphatic rings. The van der Waals surface area contributed by atoms with Gasteiger partial charge in [0.15, 0.2) is 5.82 Å². The average Bonchev–Trinajstić information content (AvgIpc) is 2.95. The third-order valence-electron chi connectivity index (χ3n) is 3.12. The van der Waals surface area contributed by atoms with E-state index in [1.807, 2.05) is 25.4 Å². The Morgan fingerprint density at radius 1 is 1.29 bits per heavy atom. The minimum absolute atomic E-state index is 0.201. The molecule has 6 heteroatoms. The van der Waals surface area contributed by atoms with Crippen molar-refractivity contribution >= 4 is 27.4 Å². The van der Waals surface area contributed by atoms with Crippen LogP contribution in [0, 0.1) is 12.7 Å². The summed E-state index contributed by atoms with van der Waals surface area (Å²) >= 11 is 1.55. The van der Waals surface area contributed by atoms with Crippen molar-refractivity contribution in [2.24, 2.45) is 0 Å². The number of nitrogens with one attached hydrogen (secondary N) is 1. The summed E-state index contributed by atoms with van der Waals surface area (Å²) < 4.78 is 18.9. The third kappa shape index (κ3) is 2.80. The van der Waals surface area contributed by atoms with Crippen molar-refractivity contribution in [2.75, 3.05) is 12.4 Å². The van der Waals surface area contributed by atoms with E-state index in [2.05, 4.69) is 15.3 Å². The van der Waals surface area contributed by atoms with Crippen molar-refractivity contribution < 1.29 is 9.13 Å². The summed E-state index contributed by atoms with van der Waals surface area (Å²) in [6.07, 6.45) is 0. The summed E-state index contributed by atoms with van der Waals surface area (Å²) in [7, 11) is 1.82. The van der Waals surface area contributed by atoms with Crippen LogP contribution in [0.25, 0.3) is 10.2 Å². The van der Waals surface area contributed by atoms with Gasteiger partial charge in [-0.2, -0.15) is 0 Å². The average molecular weight is 303 g/mol. The number of rotatable bonds is 4.